The van der Waals surface area contributed by atoms with Gasteiger partial charge in [-0.25, -0.2) is 5.26 Å². The molecule has 0 amide bonds. The molecule has 1 aliphatic rings. The van der Waals surface area contributed by atoms with Crippen LogP contribution in [0.2, 0.25) is 0 Å². The molecule has 0 spiro atoms. The summed E-state index contributed by atoms with van der Waals surface area (Å²) in [4.78, 5) is 0.405. The Bertz CT molecular complexity index is 1730. The Hall–Kier alpha value is -4.95. The van der Waals surface area contributed by atoms with Gasteiger partial charge in [0.1, 0.15) is 28.5 Å². The monoisotopic (exact) mass is 603 g/mol. The van der Waals surface area contributed by atoms with Crippen LogP contribution in [0.25, 0.3) is 10.8 Å². The topological polar surface area (TPSA) is 151 Å². The zero-order valence-corrected chi connectivity index (χ0v) is 24.7. The molecule has 1 aliphatic heterocycles. The van der Waals surface area contributed by atoms with Crippen molar-refractivity contribution in [3.8, 4) is 23.0 Å². The molecular formula is C30H29N5O7S. The highest BCUT2D eigenvalue weighted by molar-refractivity contribution is 7.94. The van der Waals surface area contributed by atoms with Gasteiger partial charge < -0.3 is 24.7 Å². The minimum atomic E-state index is 0.00275. The van der Waals surface area contributed by atoms with Crippen LogP contribution in [-0.4, -0.2) is 12.4 Å². The first-order chi connectivity index (χ1) is 20.9. The van der Waals surface area contributed by atoms with E-state index >= 15 is 0 Å². The van der Waals surface area contributed by atoms with Crippen molar-refractivity contribution in [1.82, 2.24) is 0 Å². The number of azo groups is 2. The number of benzene rings is 4. The van der Waals surface area contributed by atoms with Crippen molar-refractivity contribution in [2.45, 2.75) is 25.7 Å². The van der Waals surface area contributed by atoms with Crippen LogP contribution >= 0.6 is 12.0 Å². The molecule has 0 bridgehead atoms. The Balaban J connectivity index is 0.00000207. The van der Waals surface area contributed by atoms with Gasteiger partial charge in [-0.15, -0.1) is 24.8 Å². The number of nitrogen functional groups attached to an aromatic ring is 1. The average molecular weight is 604 g/mol. The maximum absolute atomic E-state index is 8.79. The molecule has 0 saturated carbocycles. The first-order valence-electron chi connectivity index (χ1n) is 12.9. The van der Waals surface area contributed by atoms with Crippen molar-refractivity contribution in [1.29, 1.82) is 0 Å². The molecule has 0 unspecified atom stereocenters. The van der Waals surface area contributed by atoms with Crippen LogP contribution < -0.4 is 24.7 Å². The minimum Gasteiger partial charge on any atom is -0.494 e. The number of anilines is 1. The van der Waals surface area contributed by atoms with Gasteiger partial charge in [0.15, 0.2) is 17.2 Å². The summed E-state index contributed by atoms with van der Waals surface area (Å²) in [6, 6.07) is 15.6. The molecular weight excluding hydrogens is 574 g/mol. The van der Waals surface area contributed by atoms with Crippen molar-refractivity contribution in [2.75, 3.05) is 12.8 Å². The Morgan fingerprint density at radius 3 is 2.49 bits per heavy atom. The summed E-state index contributed by atoms with van der Waals surface area (Å²) >= 11 is 0.699. The highest BCUT2D eigenvalue weighted by atomic mass is 32.2. The maximum Gasteiger partial charge on any atom is 0.282 e. The van der Waals surface area contributed by atoms with Gasteiger partial charge >= 0.3 is 0 Å². The number of para-hydroxylation sites is 1. The summed E-state index contributed by atoms with van der Waals surface area (Å²) in [6.07, 6.45) is 1.25. The number of rotatable bonds is 8. The fourth-order valence-electron chi connectivity index (χ4n) is 3.97. The van der Waals surface area contributed by atoms with Gasteiger partial charge in [-0.1, -0.05) is 37.6 Å². The molecule has 0 fully saturated rings. The van der Waals surface area contributed by atoms with E-state index in [0.29, 0.717) is 56.6 Å². The van der Waals surface area contributed by atoms with Gasteiger partial charge in [0.2, 0.25) is 0 Å². The molecule has 43 heavy (non-hydrogen) atoms. The molecule has 4 aromatic carbocycles. The quantitative estimate of drug-likeness (QED) is 0.0500. The van der Waals surface area contributed by atoms with Gasteiger partial charge in [-0.2, -0.15) is 0 Å². The van der Waals surface area contributed by atoms with Crippen LogP contribution in [-0.2, 0) is 9.37 Å². The molecule has 13 heteroatoms. The van der Waals surface area contributed by atoms with E-state index in [1.807, 2.05) is 32.9 Å². The fourth-order valence-corrected chi connectivity index (χ4v) is 4.46. The molecule has 0 atom stereocenters. The number of hydrogen-bond acceptors (Lipinski definition) is 13. The third-order valence-electron chi connectivity index (χ3n) is 5.87. The van der Waals surface area contributed by atoms with E-state index in [2.05, 4.69) is 38.7 Å². The van der Waals surface area contributed by atoms with Crippen molar-refractivity contribution in [3.63, 3.8) is 0 Å². The molecule has 5 rings (SSSR count). The van der Waals surface area contributed by atoms with Gasteiger partial charge in [0.25, 0.3) is 5.95 Å². The van der Waals surface area contributed by atoms with Crippen LogP contribution in [0.4, 0.5) is 28.4 Å². The smallest absolute Gasteiger partial charge is 0.282 e. The Kier molecular flexibility index (Phi) is 10.3. The number of methoxy groups -OCH3 is 1. The predicted molar refractivity (Wildman–Crippen MR) is 164 cm³/mol. The maximum atomic E-state index is 8.79. The Morgan fingerprint density at radius 2 is 1.74 bits per heavy atom. The highest BCUT2D eigenvalue weighted by Gasteiger charge is 2.20. The van der Waals surface area contributed by atoms with E-state index in [-0.39, 0.29) is 23.1 Å². The number of nitrogens with zero attached hydrogens (tertiary/aromatic N) is 4. The number of fused-ring (bicyclic) bond motifs is 3. The van der Waals surface area contributed by atoms with Gasteiger partial charge in [-0.05, 0) is 54.8 Å². The molecule has 0 aliphatic carbocycles. The van der Waals surface area contributed by atoms with Gasteiger partial charge in [0, 0.05) is 23.2 Å². The summed E-state index contributed by atoms with van der Waals surface area (Å²) in [5.74, 6) is 1.30. The first kappa shape index (κ1) is 31.0. The summed E-state index contributed by atoms with van der Waals surface area (Å²) < 4.78 is 27.6. The summed E-state index contributed by atoms with van der Waals surface area (Å²) in [6.45, 7) is 13.4. The molecule has 0 radical (unpaired) electrons. The van der Waals surface area contributed by atoms with Crippen molar-refractivity contribution >= 4 is 51.3 Å². The molecule has 1 heterocycles. The minimum absolute atomic E-state index is 0.00275. The first-order valence-corrected chi connectivity index (χ1v) is 13.6. The normalized spacial score (nSPS) is 12.1. The largest absolute Gasteiger partial charge is 0.494 e. The van der Waals surface area contributed by atoms with Crippen molar-refractivity contribution in [3.05, 3.63) is 85.5 Å². The SMILES string of the molecule is C=COc1c(N=Nc2cc3c(cc2OC)N=Nc2ccccc2OC(=C)O3)c(SOOO)cc2cc(C)c(N)cc12.CC. The van der Waals surface area contributed by atoms with Crippen LogP contribution in [0, 0.1) is 6.92 Å². The van der Waals surface area contributed by atoms with Crippen molar-refractivity contribution < 1.29 is 33.6 Å². The van der Waals surface area contributed by atoms with E-state index < -0.39 is 0 Å². The van der Waals surface area contributed by atoms with E-state index in [9.17, 15) is 0 Å². The highest BCUT2D eigenvalue weighted by Crippen LogP contribution is 2.48. The standard InChI is InChI=1S/C28H23N5O7S.C2H6/c1-5-36-28-18-12-19(29)15(2)10-17(18)11-26(41-40-39-34)27(28)33-32-21-14-25-22(13-24(21)35-4)31-30-20-8-6-7-9-23(20)37-16(3)38-25;1-2/h5-14,34H,1,3,29H2,2,4H3;1-2H3. The average Bonchev–Trinajstić information content (AvgIpc) is 3.07. The number of aryl methyl sites for hydroxylation is 1. The van der Waals surface area contributed by atoms with E-state index in [4.69, 9.17) is 34.3 Å². The lowest BCUT2D eigenvalue weighted by Crippen LogP contribution is -2.02. The van der Waals surface area contributed by atoms with E-state index in [1.165, 1.54) is 13.4 Å². The zero-order valence-electron chi connectivity index (χ0n) is 23.9. The van der Waals surface area contributed by atoms with Gasteiger partial charge in [-0.3, -0.25) is 0 Å². The second-order valence-corrected chi connectivity index (χ2v) is 9.17. The van der Waals surface area contributed by atoms with Crippen molar-refractivity contribution in [2.24, 2.45) is 20.5 Å². The molecule has 0 aromatic heterocycles. The molecule has 222 valence electrons. The number of nitrogens with two attached hydrogens (primary N) is 1. The van der Waals surface area contributed by atoms with Crippen LogP contribution in [0.5, 0.6) is 23.0 Å². The lowest BCUT2D eigenvalue weighted by Gasteiger charge is -2.14. The van der Waals surface area contributed by atoms with Crippen LogP contribution in [0.1, 0.15) is 19.4 Å². The van der Waals surface area contributed by atoms with Crippen LogP contribution in [0.15, 0.2) is 105 Å². The predicted octanol–water partition coefficient (Wildman–Crippen LogP) is 9.79. The van der Waals surface area contributed by atoms with E-state index in [0.717, 1.165) is 10.9 Å². The number of hydrogen-bond donors (Lipinski definition) is 2. The number of ether oxygens (including phenoxy) is 4. The third-order valence-corrected chi connectivity index (χ3v) is 6.49. The lowest BCUT2D eigenvalue weighted by atomic mass is 10.0. The fraction of sp³-hybridized carbons (Fsp3) is 0.133. The van der Waals surface area contributed by atoms with Gasteiger partial charge in [0.05, 0.1) is 30.3 Å². The summed E-state index contributed by atoms with van der Waals surface area (Å²) in [5, 5.41) is 31.5. The molecule has 12 nitrogen and oxygen atoms in total. The lowest BCUT2D eigenvalue weighted by molar-refractivity contribution is -0.432. The molecule has 4 aromatic rings. The van der Waals surface area contributed by atoms with Crippen LogP contribution in [0.3, 0.4) is 0 Å². The summed E-state index contributed by atoms with van der Waals surface area (Å²) in [5.41, 5.74) is 8.94. The van der Waals surface area contributed by atoms with E-state index in [1.54, 1.807) is 42.5 Å². The zero-order chi connectivity index (χ0) is 30.9. The third kappa shape index (κ3) is 6.93. The summed E-state index contributed by atoms with van der Waals surface area (Å²) in [7, 11) is 1.48. The Morgan fingerprint density at radius 1 is 1.00 bits per heavy atom. The Labute approximate surface area is 252 Å². The second-order valence-electron chi connectivity index (χ2n) is 8.43. The molecule has 3 N–H and O–H groups in total. The molecule has 0 saturated heterocycles. The second kappa shape index (κ2) is 14.3.